The molecule has 0 bridgehead atoms. The first kappa shape index (κ1) is 17.0. The van der Waals surface area contributed by atoms with Crippen LogP contribution < -0.4 is 4.90 Å². The number of piperidine rings is 1. The van der Waals surface area contributed by atoms with Crippen molar-refractivity contribution in [2.24, 2.45) is 0 Å². The molecule has 0 spiro atoms. The minimum Gasteiger partial charge on any atom is -0.464 e. The monoisotopic (exact) mass is 339 g/mol. The van der Waals surface area contributed by atoms with Gasteiger partial charge in [-0.2, -0.15) is 10.4 Å². The van der Waals surface area contributed by atoms with E-state index in [1.54, 1.807) is 6.07 Å². The number of aromatic nitrogens is 3. The Bertz CT molecular complexity index is 828. The predicted octanol–water partition coefficient (Wildman–Crippen LogP) is 2.39. The molecule has 1 saturated heterocycles. The lowest BCUT2D eigenvalue weighted by atomic mass is 10.0. The first-order chi connectivity index (χ1) is 12.1. The van der Waals surface area contributed by atoms with Crippen LogP contribution in [0.25, 0.3) is 0 Å². The quantitative estimate of drug-likeness (QED) is 0.798. The molecule has 1 aliphatic heterocycles. The van der Waals surface area contributed by atoms with Crippen LogP contribution in [0.1, 0.15) is 46.2 Å². The van der Waals surface area contributed by atoms with Gasteiger partial charge in [-0.25, -0.2) is 4.79 Å². The summed E-state index contributed by atoms with van der Waals surface area (Å²) in [5, 5.41) is 17.9. The van der Waals surface area contributed by atoms with Crippen molar-refractivity contribution in [3.63, 3.8) is 0 Å². The Hall–Kier alpha value is -2.88. The SMILES string of the molecule is COC(=O)c1cccn1C1CCN(c2nnc(C)c(C)c2C#N)CC1. The molecule has 1 aliphatic rings. The lowest BCUT2D eigenvalue weighted by Crippen LogP contribution is -2.36. The smallest absolute Gasteiger partial charge is 0.354 e. The second-order valence-corrected chi connectivity index (χ2v) is 6.23. The second kappa shape index (κ2) is 6.93. The molecule has 0 radical (unpaired) electrons. The van der Waals surface area contributed by atoms with Gasteiger partial charge in [-0.1, -0.05) is 0 Å². The van der Waals surface area contributed by atoms with Crippen LogP contribution >= 0.6 is 0 Å². The molecule has 1 fully saturated rings. The third kappa shape index (κ3) is 3.07. The Morgan fingerprint density at radius 3 is 2.68 bits per heavy atom. The number of anilines is 1. The Balaban J connectivity index is 1.78. The second-order valence-electron chi connectivity index (χ2n) is 6.23. The lowest BCUT2D eigenvalue weighted by molar-refractivity contribution is 0.0585. The molecule has 3 heterocycles. The highest BCUT2D eigenvalue weighted by Crippen LogP contribution is 2.29. The average Bonchev–Trinajstić information content (AvgIpc) is 3.13. The normalized spacial score (nSPS) is 15.0. The molecule has 0 N–H and O–H groups in total. The number of nitriles is 1. The number of methoxy groups -OCH3 is 1. The fraction of sp³-hybridized carbons (Fsp3) is 0.444. The van der Waals surface area contributed by atoms with Gasteiger partial charge < -0.3 is 14.2 Å². The van der Waals surface area contributed by atoms with Crippen molar-refractivity contribution in [3.8, 4) is 6.07 Å². The highest BCUT2D eigenvalue weighted by molar-refractivity contribution is 5.87. The summed E-state index contributed by atoms with van der Waals surface area (Å²) in [7, 11) is 1.39. The topological polar surface area (TPSA) is 84.0 Å². The maximum Gasteiger partial charge on any atom is 0.354 e. The van der Waals surface area contributed by atoms with Crippen LogP contribution in [0.4, 0.5) is 5.82 Å². The van der Waals surface area contributed by atoms with Crippen LogP contribution in [0.5, 0.6) is 0 Å². The highest BCUT2D eigenvalue weighted by Gasteiger charge is 2.26. The number of hydrogen-bond donors (Lipinski definition) is 0. The van der Waals surface area contributed by atoms with Crippen LogP contribution in [-0.2, 0) is 4.74 Å². The maximum atomic E-state index is 11.9. The summed E-state index contributed by atoms with van der Waals surface area (Å²) < 4.78 is 6.83. The van der Waals surface area contributed by atoms with Gasteiger partial charge in [0.15, 0.2) is 5.82 Å². The minimum absolute atomic E-state index is 0.227. The number of nitrogens with zero attached hydrogens (tertiary/aromatic N) is 5. The van der Waals surface area contributed by atoms with E-state index in [1.165, 1.54) is 7.11 Å². The average molecular weight is 339 g/mol. The molecule has 7 heteroatoms. The van der Waals surface area contributed by atoms with Gasteiger partial charge in [-0.15, -0.1) is 5.10 Å². The highest BCUT2D eigenvalue weighted by atomic mass is 16.5. The lowest BCUT2D eigenvalue weighted by Gasteiger charge is -2.34. The minimum atomic E-state index is -0.320. The predicted molar refractivity (Wildman–Crippen MR) is 92.5 cm³/mol. The number of carbonyl (C=O) groups excluding carboxylic acids is 1. The Kier molecular flexibility index (Phi) is 4.70. The van der Waals surface area contributed by atoms with Crippen molar-refractivity contribution in [1.82, 2.24) is 14.8 Å². The zero-order chi connectivity index (χ0) is 18.0. The molecular weight excluding hydrogens is 318 g/mol. The van der Waals surface area contributed by atoms with E-state index >= 15 is 0 Å². The molecule has 0 aromatic carbocycles. The zero-order valence-electron chi connectivity index (χ0n) is 14.7. The van der Waals surface area contributed by atoms with Gasteiger partial charge >= 0.3 is 5.97 Å². The third-order valence-electron chi connectivity index (χ3n) is 4.88. The molecule has 2 aromatic rings. The van der Waals surface area contributed by atoms with Crippen LogP contribution in [-0.4, -0.2) is 40.9 Å². The molecule has 3 rings (SSSR count). The number of esters is 1. The van der Waals surface area contributed by atoms with Crippen LogP contribution in [0.15, 0.2) is 18.3 Å². The third-order valence-corrected chi connectivity index (χ3v) is 4.88. The number of ether oxygens (including phenoxy) is 1. The van der Waals surface area contributed by atoms with E-state index in [4.69, 9.17) is 4.74 Å². The van der Waals surface area contributed by atoms with Gasteiger partial charge in [0.1, 0.15) is 17.3 Å². The zero-order valence-corrected chi connectivity index (χ0v) is 14.7. The van der Waals surface area contributed by atoms with Crippen molar-refractivity contribution in [2.75, 3.05) is 25.1 Å². The summed E-state index contributed by atoms with van der Waals surface area (Å²) in [5.74, 6) is 0.337. The first-order valence-corrected chi connectivity index (χ1v) is 8.31. The van der Waals surface area contributed by atoms with Gasteiger partial charge in [-0.3, -0.25) is 0 Å². The molecule has 2 aromatic heterocycles. The standard InChI is InChI=1S/C18H21N5O2/c1-12-13(2)20-21-17(15(12)11-19)22-9-6-14(7-10-22)23-8-4-5-16(23)18(24)25-3/h4-5,8,14H,6-7,9-10H2,1-3H3. The van der Waals surface area contributed by atoms with Crippen molar-refractivity contribution in [1.29, 1.82) is 5.26 Å². The first-order valence-electron chi connectivity index (χ1n) is 8.31. The van der Waals surface area contributed by atoms with E-state index in [-0.39, 0.29) is 12.0 Å². The van der Waals surface area contributed by atoms with Crippen LogP contribution in [0.3, 0.4) is 0 Å². The number of aryl methyl sites for hydroxylation is 1. The molecule has 0 aliphatic carbocycles. The van der Waals surface area contributed by atoms with E-state index in [9.17, 15) is 10.1 Å². The molecule has 130 valence electrons. The van der Waals surface area contributed by atoms with E-state index < -0.39 is 0 Å². The molecule has 0 saturated carbocycles. The van der Waals surface area contributed by atoms with Crippen molar-refractivity contribution in [2.45, 2.75) is 32.7 Å². The Labute approximate surface area is 146 Å². The maximum absolute atomic E-state index is 11.9. The van der Waals surface area contributed by atoms with Gasteiger partial charge in [0.2, 0.25) is 0 Å². The molecule has 0 amide bonds. The summed E-state index contributed by atoms with van der Waals surface area (Å²) >= 11 is 0. The largest absolute Gasteiger partial charge is 0.464 e. The molecule has 0 unspecified atom stereocenters. The van der Waals surface area contributed by atoms with E-state index in [0.29, 0.717) is 17.1 Å². The summed E-state index contributed by atoms with van der Waals surface area (Å²) in [5.41, 5.74) is 2.84. The van der Waals surface area contributed by atoms with E-state index in [0.717, 1.165) is 37.2 Å². The summed E-state index contributed by atoms with van der Waals surface area (Å²) in [4.78, 5) is 14.0. The van der Waals surface area contributed by atoms with E-state index in [1.807, 2.05) is 30.7 Å². The number of carbonyl (C=O) groups is 1. The number of rotatable bonds is 3. The fourth-order valence-corrected chi connectivity index (χ4v) is 3.30. The molecular formula is C18H21N5O2. The van der Waals surface area contributed by atoms with Crippen molar-refractivity contribution >= 4 is 11.8 Å². The van der Waals surface area contributed by atoms with Gasteiger partial charge in [-0.05, 0) is 44.4 Å². The molecule has 25 heavy (non-hydrogen) atoms. The Morgan fingerprint density at radius 2 is 2.04 bits per heavy atom. The molecule has 0 atom stereocenters. The summed E-state index contributed by atoms with van der Waals surface area (Å²) in [6.07, 6.45) is 3.64. The van der Waals surface area contributed by atoms with Crippen LogP contribution in [0.2, 0.25) is 0 Å². The number of hydrogen-bond acceptors (Lipinski definition) is 6. The molecule has 7 nitrogen and oxygen atoms in total. The van der Waals surface area contributed by atoms with Gasteiger partial charge in [0, 0.05) is 25.3 Å². The Morgan fingerprint density at radius 1 is 1.32 bits per heavy atom. The van der Waals surface area contributed by atoms with Gasteiger partial charge in [0.25, 0.3) is 0 Å². The fourth-order valence-electron chi connectivity index (χ4n) is 3.30. The van der Waals surface area contributed by atoms with Crippen molar-refractivity contribution < 1.29 is 9.53 Å². The van der Waals surface area contributed by atoms with Crippen LogP contribution in [0, 0.1) is 25.2 Å². The summed E-state index contributed by atoms with van der Waals surface area (Å²) in [6.45, 7) is 5.28. The van der Waals surface area contributed by atoms with Crippen molar-refractivity contribution in [3.05, 3.63) is 40.8 Å². The summed E-state index contributed by atoms with van der Waals surface area (Å²) in [6, 6.07) is 6.13. The van der Waals surface area contributed by atoms with E-state index in [2.05, 4.69) is 21.2 Å². The van der Waals surface area contributed by atoms with Gasteiger partial charge in [0.05, 0.1) is 12.8 Å².